The quantitative estimate of drug-likeness (QED) is 0.873. The van der Waals surface area contributed by atoms with Crippen molar-refractivity contribution in [3.05, 3.63) is 17.6 Å². The molecule has 5 nitrogen and oxygen atoms in total. The highest BCUT2D eigenvalue weighted by atomic mass is 16.1. The van der Waals surface area contributed by atoms with Crippen molar-refractivity contribution in [3.8, 4) is 0 Å². The predicted molar refractivity (Wildman–Crippen MR) is 75.2 cm³/mol. The summed E-state index contributed by atoms with van der Waals surface area (Å²) in [5, 5.41) is 6.25. The SMILES string of the molecule is Cc1nc(NC(C)C)cc(C(=O)NC2CCCC2)n1. The molecule has 0 saturated heterocycles. The van der Waals surface area contributed by atoms with Crippen LogP contribution in [0.25, 0.3) is 0 Å². The summed E-state index contributed by atoms with van der Waals surface area (Å²) in [6, 6.07) is 2.31. The molecule has 1 saturated carbocycles. The van der Waals surface area contributed by atoms with Gasteiger partial charge in [0.05, 0.1) is 0 Å². The first-order valence-corrected chi connectivity index (χ1v) is 6.97. The minimum Gasteiger partial charge on any atom is -0.368 e. The number of hydrogen-bond donors (Lipinski definition) is 2. The Labute approximate surface area is 114 Å². The number of aryl methyl sites for hydroxylation is 1. The van der Waals surface area contributed by atoms with Crippen molar-refractivity contribution in [3.63, 3.8) is 0 Å². The second-order valence-corrected chi connectivity index (χ2v) is 5.44. The lowest BCUT2D eigenvalue weighted by molar-refractivity contribution is 0.0932. The van der Waals surface area contributed by atoms with Crippen LogP contribution in [0.1, 0.15) is 55.8 Å². The number of aromatic nitrogens is 2. The first-order chi connectivity index (χ1) is 9.04. The van der Waals surface area contributed by atoms with Crippen LogP contribution < -0.4 is 10.6 Å². The molecule has 0 atom stereocenters. The summed E-state index contributed by atoms with van der Waals surface area (Å²) in [6.07, 6.45) is 4.56. The van der Waals surface area contributed by atoms with Gasteiger partial charge in [0.15, 0.2) is 0 Å². The molecule has 5 heteroatoms. The Kier molecular flexibility index (Phi) is 4.35. The van der Waals surface area contributed by atoms with Gasteiger partial charge < -0.3 is 10.6 Å². The number of hydrogen-bond acceptors (Lipinski definition) is 4. The fourth-order valence-electron chi connectivity index (χ4n) is 2.38. The van der Waals surface area contributed by atoms with Gasteiger partial charge in [0.2, 0.25) is 0 Å². The summed E-state index contributed by atoms with van der Waals surface area (Å²) in [5.74, 6) is 1.23. The average molecular weight is 262 g/mol. The Bertz CT molecular complexity index is 453. The Morgan fingerprint density at radius 2 is 2.00 bits per heavy atom. The van der Waals surface area contributed by atoms with Crippen LogP contribution in [0.5, 0.6) is 0 Å². The molecule has 2 N–H and O–H groups in total. The van der Waals surface area contributed by atoms with Gasteiger partial charge in [-0.1, -0.05) is 12.8 Å². The second-order valence-electron chi connectivity index (χ2n) is 5.44. The molecular formula is C14H22N4O. The van der Waals surface area contributed by atoms with Crippen LogP contribution in [0, 0.1) is 6.92 Å². The van der Waals surface area contributed by atoms with E-state index in [1.54, 1.807) is 13.0 Å². The molecule has 0 bridgehead atoms. The molecule has 1 fully saturated rings. The standard InChI is InChI=1S/C14H22N4O/c1-9(2)15-13-8-12(16-10(3)17-13)14(19)18-11-6-4-5-7-11/h8-9,11H,4-7H2,1-3H3,(H,18,19)(H,15,16,17). The summed E-state index contributed by atoms with van der Waals surface area (Å²) < 4.78 is 0. The van der Waals surface area contributed by atoms with Gasteiger partial charge in [0, 0.05) is 18.2 Å². The lowest BCUT2D eigenvalue weighted by Gasteiger charge is -2.13. The molecule has 1 heterocycles. The molecule has 19 heavy (non-hydrogen) atoms. The number of nitrogens with one attached hydrogen (secondary N) is 2. The molecule has 0 aromatic carbocycles. The van der Waals surface area contributed by atoms with E-state index in [-0.39, 0.29) is 11.9 Å². The maximum atomic E-state index is 12.2. The van der Waals surface area contributed by atoms with E-state index in [4.69, 9.17) is 0 Å². The molecule has 0 radical (unpaired) electrons. The minimum atomic E-state index is -0.0933. The molecule has 0 aliphatic heterocycles. The van der Waals surface area contributed by atoms with E-state index in [1.165, 1.54) is 12.8 Å². The van der Waals surface area contributed by atoms with E-state index in [0.717, 1.165) is 12.8 Å². The number of rotatable bonds is 4. The Morgan fingerprint density at radius 3 is 2.63 bits per heavy atom. The number of amides is 1. The summed E-state index contributed by atoms with van der Waals surface area (Å²) in [4.78, 5) is 20.7. The zero-order valence-corrected chi connectivity index (χ0v) is 11.9. The lowest BCUT2D eigenvalue weighted by atomic mass is 10.2. The fourth-order valence-corrected chi connectivity index (χ4v) is 2.38. The van der Waals surface area contributed by atoms with E-state index in [2.05, 4.69) is 20.6 Å². The van der Waals surface area contributed by atoms with Crippen LogP contribution in [0.3, 0.4) is 0 Å². The van der Waals surface area contributed by atoms with Crippen molar-refractivity contribution >= 4 is 11.7 Å². The second kappa shape index (κ2) is 5.99. The highest BCUT2D eigenvalue weighted by Crippen LogP contribution is 2.18. The molecule has 0 spiro atoms. The Hall–Kier alpha value is -1.65. The molecule has 2 rings (SSSR count). The summed E-state index contributed by atoms with van der Waals surface area (Å²) >= 11 is 0. The van der Waals surface area contributed by atoms with Crippen LogP contribution in [0.4, 0.5) is 5.82 Å². The molecule has 104 valence electrons. The molecule has 1 aromatic rings. The molecule has 1 aromatic heterocycles. The number of anilines is 1. The highest BCUT2D eigenvalue weighted by Gasteiger charge is 2.19. The smallest absolute Gasteiger partial charge is 0.270 e. The third kappa shape index (κ3) is 3.91. The lowest BCUT2D eigenvalue weighted by Crippen LogP contribution is -2.33. The first-order valence-electron chi connectivity index (χ1n) is 6.97. The molecule has 0 unspecified atom stereocenters. The van der Waals surface area contributed by atoms with Crippen molar-refractivity contribution in [1.29, 1.82) is 0 Å². The Balaban J connectivity index is 2.09. The van der Waals surface area contributed by atoms with Gasteiger partial charge in [-0.05, 0) is 33.6 Å². The van der Waals surface area contributed by atoms with Crippen LogP contribution in [0.2, 0.25) is 0 Å². The third-order valence-corrected chi connectivity index (χ3v) is 3.20. The monoisotopic (exact) mass is 262 g/mol. The zero-order valence-electron chi connectivity index (χ0n) is 11.9. The van der Waals surface area contributed by atoms with Gasteiger partial charge in [-0.15, -0.1) is 0 Å². The Morgan fingerprint density at radius 1 is 1.32 bits per heavy atom. The maximum Gasteiger partial charge on any atom is 0.270 e. The van der Waals surface area contributed by atoms with E-state index in [9.17, 15) is 4.79 Å². The summed E-state index contributed by atoms with van der Waals surface area (Å²) in [6.45, 7) is 5.88. The molecular weight excluding hydrogens is 240 g/mol. The number of carbonyl (C=O) groups excluding carboxylic acids is 1. The predicted octanol–water partition coefficient (Wildman–Crippen LogP) is 2.28. The number of nitrogens with zero attached hydrogens (tertiary/aromatic N) is 2. The normalized spacial score (nSPS) is 15.8. The largest absolute Gasteiger partial charge is 0.368 e. The zero-order chi connectivity index (χ0) is 13.8. The van der Waals surface area contributed by atoms with E-state index < -0.39 is 0 Å². The van der Waals surface area contributed by atoms with Gasteiger partial charge in [-0.25, -0.2) is 9.97 Å². The van der Waals surface area contributed by atoms with Crippen molar-refractivity contribution in [2.24, 2.45) is 0 Å². The van der Waals surface area contributed by atoms with Gasteiger partial charge >= 0.3 is 0 Å². The molecule has 1 aliphatic carbocycles. The fraction of sp³-hybridized carbons (Fsp3) is 0.643. The van der Waals surface area contributed by atoms with Gasteiger partial charge in [-0.2, -0.15) is 0 Å². The maximum absolute atomic E-state index is 12.2. The van der Waals surface area contributed by atoms with E-state index in [0.29, 0.717) is 23.4 Å². The van der Waals surface area contributed by atoms with Gasteiger partial charge in [-0.3, -0.25) is 4.79 Å². The molecule has 1 aliphatic rings. The molecule has 1 amide bonds. The third-order valence-electron chi connectivity index (χ3n) is 3.20. The van der Waals surface area contributed by atoms with Crippen LogP contribution in [0.15, 0.2) is 6.07 Å². The summed E-state index contributed by atoms with van der Waals surface area (Å²) in [7, 11) is 0. The summed E-state index contributed by atoms with van der Waals surface area (Å²) in [5.41, 5.74) is 0.447. The van der Waals surface area contributed by atoms with Crippen molar-refractivity contribution < 1.29 is 4.79 Å². The average Bonchev–Trinajstić information content (AvgIpc) is 2.80. The van der Waals surface area contributed by atoms with Crippen molar-refractivity contribution in [2.45, 2.75) is 58.5 Å². The highest BCUT2D eigenvalue weighted by molar-refractivity contribution is 5.93. The van der Waals surface area contributed by atoms with E-state index in [1.807, 2.05) is 13.8 Å². The van der Waals surface area contributed by atoms with Gasteiger partial charge in [0.25, 0.3) is 5.91 Å². The van der Waals surface area contributed by atoms with Crippen LogP contribution >= 0.6 is 0 Å². The van der Waals surface area contributed by atoms with Crippen LogP contribution in [-0.4, -0.2) is 28.0 Å². The van der Waals surface area contributed by atoms with Crippen LogP contribution in [-0.2, 0) is 0 Å². The first kappa shape index (κ1) is 13.8. The topological polar surface area (TPSA) is 66.9 Å². The van der Waals surface area contributed by atoms with Gasteiger partial charge in [0.1, 0.15) is 17.3 Å². The van der Waals surface area contributed by atoms with E-state index >= 15 is 0 Å². The minimum absolute atomic E-state index is 0.0933. The van der Waals surface area contributed by atoms with Crippen molar-refractivity contribution in [1.82, 2.24) is 15.3 Å². The number of carbonyl (C=O) groups is 1. The van der Waals surface area contributed by atoms with Crippen molar-refractivity contribution in [2.75, 3.05) is 5.32 Å².